The highest BCUT2D eigenvalue weighted by molar-refractivity contribution is 7.05. The van der Waals surface area contributed by atoms with Gasteiger partial charge in [-0.05, 0) is 30.9 Å². The first-order chi connectivity index (χ1) is 6.83. The first-order valence-corrected chi connectivity index (χ1v) is 6.15. The van der Waals surface area contributed by atoms with E-state index in [9.17, 15) is 0 Å². The summed E-state index contributed by atoms with van der Waals surface area (Å²) in [5.74, 6) is 0. The smallest absolute Gasteiger partial charge is 0.0800 e. The SMILES string of the molecule is CCCC(NCC)c1snnc1CC. The zero-order valence-electron chi connectivity index (χ0n) is 9.21. The molecule has 0 aliphatic rings. The number of nitrogens with zero attached hydrogens (tertiary/aromatic N) is 2. The van der Waals surface area contributed by atoms with E-state index in [4.69, 9.17) is 0 Å². The molecular weight excluding hydrogens is 194 g/mol. The van der Waals surface area contributed by atoms with Crippen LogP contribution in [0.3, 0.4) is 0 Å². The lowest BCUT2D eigenvalue weighted by Gasteiger charge is -2.15. The van der Waals surface area contributed by atoms with Crippen molar-refractivity contribution >= 4 is 11.5 Å². The molecule has 1 aromatic rings. The van der Waals surface area contributed by atoms with Crippen LogP contribution in [0.15, 0.2) is 0 Å². The molecule has 0 bridgehead atoms. The van der Waals surface area contributed by atoms with Crippen LogP contribution in [0.4, 0.5) is 0 Å². The number of hydrogen-bond donors (Lipinski definition) is 1. The fourth-order valence-electron chi connectivity index (χ4n) is 1.59. The van der Waals surface area contributed by atoms with Gasteiger partial charge in [0.05, 0.1) is 10.6 Å². The maximum Gasteiger partial charge on any atom is 0.0800 e. The lowest BCUT2D eigenvalue weighted by Crippen LogP contribution is -2.20. The van der Waals surface area contributed by atoms with Crippen molar-refractivity contribution in [3.8, 4) is 0 Å². The van der Waals surface area contributed by atoms with Crippen LogP contribution >= 0.6 is 11.5 Å². The molecule has 14 heavy (non-hydrogen) atoms. The summed E-state index contributed by atoms with van der Waals surface area (Å²) in [5.41, 5.74) is 1.16. The third-order valence-electron chi connectivity index (χ3n) is 2.26. The Morgan fingerprint density at radius 3 is 2.71 bits per heavy atom. The molecule has 3 nitrogen and oxygen atoms in total. The van der Waals surface area contributed by atoms with E-state index in [-0.39, 0.29) is 0 Å². The number of aromatic nitrogens is 2. The molecular formula is C10H19N3S. The largest absolute Gasteiger partial charge is 0.309 e. The van der Waals surface area contributed by atoms with Crippen LogP contribution in [0.25, 0.3) is 0 Å². The van der Waals surface area contributed by atoms with Gasteiger partial charge in [-0.2, -0.15) is 0 Å². The molecule has 0 radical (unpaired) electrons. The Bertz CT molecular complexity index is 254. The van der Waals surface area contributed by atoms with E-state index in [0.29, 0.717) is 6.04 Å². The summed E-state index contributed by atoms with van der Waals surface area (Å²) in [5, 5.41) is 7.64. The van der Waals surface area contributed by atoms with Gasteiger partial charge < -0.3 is 5.32 Å². The summed E-state index contributed by atoms with van der Waals surface area (Å²) in [4.78, 5) is 1.33. The summed E-state index contributed by atoms with van der Waals surface area (Å²) in [6.07, 6.45) is 3.35. The van der Waals surface area contributed by atoms with E-state index in [0.717, 1.165) is 18.7 Å². The van der Waals surface area contributed by atoms with Gasteiger partial charge in [0, 0.05) is 6.04 Å². The van der Waals surface area contributed by atoms with Gasteiger partial charge >= 0.3 is 0 Å². The Morgan fingerprint density at radius 2 is 2.14 bits per heavy atom. The van der Waals surface area contributed by atoms with Crippen LogP contribution in [0.1, 0.15) is 50.2 Å². The van der Waals surface area contributed by atoms with E-state index < -0.39 is 0 Å². The first kappa shape index (κ1) is 11.6. The predicted octanol–water partition coefficient (Wildman–Crippen LogP) is 2.55. The van der Waals surface area contributed by atoms with Crippen LogP contribution in [0.2, 0.25) is 0 Å². The molecule has 1 rings (SSSR count). The number of hydrogen-bond acceptors (Lipinski definition) is 4. The molecule has 0 fully saturated rings. The van der Waals surface area contributed by atoms with Gasteiger partial charge in [0.2, 0.25) is 0 Å². The van der Waals surface area contributed by atoms with Crippen LogP contribution in [-0.2, 0) is 6.42 Å². The molecule has 0 amide bonds. The average molecular weight is 213 g/mol. The van der Waals surface area contributed by atoms with Crippen molar-refractivity contribution in [1.29, 1.82) is 0 Å². The Labute approximate surface area is 90.1 Å². The minimum absolute atomic E-state index is 0.458. The second-order valence-corrected chi connectivity index (χ2v) is 4.12. The van der Waals surface area contributed by atoms with E-state index in [1.165, 1.54) is 29.3 Å². The van der Waals surface area contributed by atoms with E-state index >= 15 is 0 Å². The average Bonchev–Trinajstić information content (AvgIpc) is 2.65. The first-order valence-electron chi connectivity index (χ1n) is 5.37. The number of nitrogens with one attached hydrogen (secondary N) is 1. The van der Waals surface area contributed by atoms with Gasteiger partial charge in [0.1, 0.15) is 0 Å². The van der Waals surface area contributed by atoms with Crippen molar-refractivity contribution in [3.63, 3.8) is 0 Å². The highest BCUT2D eigenvalue weighted by Gasteiger charge is 2.16. The molecule has 0 aliphatic heterocycles. The molecule has 0 aliphatic carbocycles. The van der Waals surface area contributed by atoms with Crippen LogP contribution in [0.5, 0.6) is 0 Å². The summed E-state index contributed by atoms with van der Waals surface area (Å²) in [6, 6.07) is 0.458. The van der Waals surface area contributed by atoms with Crippen molar-refractivity contribution in [1.82, 2.24) is 14.9 Å². The molecule has 4 heteroatoms. The van der Waals surface area contributed by atoms with Gasteiger partial charge in [0.25, 0.3) is 0 Å². The monoisotopic (exact) mass is 213 g/mol. The Hall–Kier alpha value is -0.480. The molecule has 1 atom stereocenters. The quantitative estimate of drug-likeness (QED) is 0.789. The summed E-state index contributed by atoms with van der Waals surface area (Å²) < 4.78 is 4.03. The standard InChI is InChI=1S/C10H19N3S/c1-4-7-9(11-6-3)10-8(5-2)12-13-14-10/h9,11H,4-7H2,1-3H3. The van der Waals surface area contributed by atoms with Gasteiger partial charge in [-0.15, -0.1) is 5.10 Å². The predicted molar refractivity (Wildman–Crippen MR) is 60.6 cm³/mol. The van der Waals surface area contributed by atoms with Gasteiger partial charge in [-0.3, -0.25) is 0 Å². The fourth-order valence-corrected chi connectivity index (χ4v) is 2.43. The van der Waals surface area contributed by atoms with Crippen LogP contribution < -0.4 is 5.32 Å². The summed E-state index contributed by atoms with van der Waals surface area (Å²) in [6.45, 7) is 7.49. The molecule has 80 valence electrons. The van der Waals surface area contributed by atoms with Crippen molar-refractivity contribution in [2.75, 3.05) is 6.54 Å². The molecule has 0 aromatic carbocycles. The van der Waals surface area contributed by atoms with Gasteiger partial charge in [0.15, 0.2) is 0 Å². The van der Waals surface area contributed by atoms with E-state index in [2.05, 4.69) is 35.7 Å². The summed E-state index contributed by atoms with van der Waals surface area (Å²) in [7, 11) is 0. The molecule has 1 aromatic heterocycles. The molecule has 0 saturated heterocycles. The number of aryl methyl sites for hydroxylation is 1. The summed E-state index contributed by atoms with van der Waals surface area (Å²) >= 11 is 1.54. The van der Waals surface area contributed by atoms with Gasteiger partial charge in [-0.25, -0.2) is 0 Å². The third-order valence-corrected chi connectivity index (χ3v) is 3.14. The third kappa shape index (κ3) is 2.75. The normalized spacial score (nSPS) is 13.1. The van der Waals surface area contributed by atoms with Gasteiger partial charge in [-0.1, -0.05) is 31.7 Å². The zero-order valence-corrected chi connectivity index (χ0v) is 10.0. The maximum atomic E-state index is 4.15. The molecule has 1 unspecified atom stereocenters. The highest BCUT2D eigenvalue weighted by atomic mass is 32.1. The maximum absolute atomic E-state index is 4.15. The van der Waals surface area contributed by atoms with Crippen molar-refractivity contribution in [2.24, 2.45) is 0 Å². The van der Waals surface area contributed by atoms with E-state index in [1.54, 1.807) is 0 Å². The minimum atomic E-state index is 0.458. The van der Waals surface area contributed by atoms with Crippen LogP contribution in [-0.4, -0.2) is 16.1 Å². The van der Waals surface area contributed by atoms with E-state index in [1.807, 2.05) is 0 Å². The number of rotatable bonds is 6. The van der Waals surface area contributed by atoms with Crippen molar-refractivity contribution in [3.05, 3.63) is 10.6 Å². The second-order valence-electron chi connectivity index (χ2n) is 3.34. The fraction of sp³-hybridized carbons (Fsp3) is 0.800. The lowest BCUT2D eigenvalue weighted by molar-refractivity contribution is 0.512. The highest BCUT2D eigenvalue weighted by Crippen LogP contribution is 2.24. The molecule has 1 heterocycles. The minimum Gasteiger partial charge on any atom is -0.309 e. The Morgan fingerprint density at radius 1 is 1.36 bits per heavy atom. The Kier molecular flexibility index (Phi) is 5.04. The lowest BCUT2D eigenvalue weighted by atomic mass is 10.1. The molecule has 0 saturated carbocycles. The topological polar surface area (TPSA) is 37.8 Å². The van der Waals surface area contributed by atoms with Crippen LogP contribution in [0, 0.1) is 0 Å². The molecule has 0 spiro atoms. The second kappa shape index (κ2) is 6.09. The Balaban J connectivity index is 2.75. The molecule has 1 N–H and O–H groups in total. The van der Waals surface area contributed by atoms with Crippen molar-refractivity contribution < 1.29 is 0 Å². The van der Waals surface area contributed by atoms with Crippen molar-refractivity contribution in [2.45, 2.75) is 46.1 Å². The zero-order chi connectivity index (χ0) is 10.4.